The number of aliphatic imine (C=N–C) groups is 1. The Bertz CT molecular complexity index is 181. The lowest BCUT2D eigenvalue weighted by molar-refractivity contribution is 0.573. The van der Waals surface area contributed by atoms with Crippen LogP contribution in [0.5, 0.6) is 0 Å². The fraction of sp³-hybridized carbons (Fsp3) is 0.917. The van der Waals surface area contributed by atoms with Crippen molar-refractivity contribution in [1.82, 2.24) is 10.6 Å². The summed E-state index contributed by atoms with van der Waals surface area (Å²) >= 11 is 1.88. The van der Waals surface area contributed by atoms with Gasteiger partial charge in [0.2, 0.25) is 0 Å². The molecule has 0 unspecified atom stereocenters. The minimum Gasteiger partial charge on any atom is -0.357 e. The lowest BCUT2D eigenvalue weighted by Crippen LogP contribution is -2.38. The first-order chi connectivity index (χ1) is 7.70. The van der Waals surface area contributed by atoms with Crippen molar-refractivity contribution >= 4 is 17.7 Å². The number of hydrogen-bond acceptors (Lipinski definition) is 2. The molecule has 0 saturated heterocycles. The Balaban J connectivity index is 3.76. The molecule has 0 aromatic carbocycles. The van der Waals surface area contributed by atoms with Gasteiger partial charge in [0, 0.05) is 19.6 Å². The summed E-state index contributed by atoms with van der Waals surface area (Å²) in [6.07, 6.45) is 4.48. The summed E-state index contributed by atoms with van der Waals surface area (Å²) in [5.41, 5.74) is 0. The molecule has 0 rings (SSSR count). The molecular formula is C12H27N3S. The monoisotopic (exact) mass is 245 g/mol. The van der Waals surface area contributed by atoms with Crippen molar-refractivity contribution in [2.45, 2.75) is 33.6 Å². The van der Waals surface area contributed by atoms with E-state index in [1.165, 1.54) is 12.2 Å². The summed E-state index contributed by atoms with van der Waals surface area (Å²) in [6, 6.07) is 0. The third kappa shape index (κ3) is 10.1. The molecule has 0 bridgehead atoms. The SMILES string of the molecule is CCNC(=NCCCSC)NCCC(C)C. The van der Waals surface area contributed by atoms with Gasteiger partial charge in [-0.15, -0.1) is 0 Å². The van der Waals surface area contributed by atoms with Crippen LogP contribution in [0.15, 0.2) is 4.99 Å². The average molecular weight is 245 g/mol. The van der Waals surface area contributed by atoms with E-state index in [1.54, 1.807) is 0 Å². The third-order valence-corrected chi connectivity index (χ3v) is 2.83. The Morgan fingerprint density at radius 1 is 1.31 bits per heavy atom. The second-order valence-corrected chi connectivity index (χ2v) is 5.20. The second-order valence-electron chi connectivity index (χ2n) is 4.22. The summed E-state index contributed by atoms with van der Waals surface area (Å²) in [4.78, 5) is 4.53. The fourth-order valence-electron chi connectivity index (χ4n) is 1.22. The van der Waals surface area contributed by atoms with Gasteiger partial charge in [0.25, 0.3) is 0 Å². The van der Waals surface area contributed by atoms with E-state index in [1.807, 2.05) is 11.8 Å². The summed E-state index contributed by atoms with van der Waals surface area (Å²) in [5.74, 6) is 2.89. The first-order valence-electron chi connectivity index (χ1n) is 6.21. The fourth-order valence-corrected chi connectivity index (χ4v) is 1.64. The molecule has 0 aliphatic carbocycles. The van der Waals surface area contributed by atoms with Crippen molar-refractivity contribution < 1.29 is 0 Å². The summed E-state index contributed by atoms with van der Waals surface area (Å²) in [5, 5.41) is 6.63. The molecule has 3 nitrogen and oxygen atoms in total. The van der Waals surface area contributed by atoms with Crippen LogP contribution in [0.2, 0.25) is 0 Å². The van der Waals surface area contributed by atoms with Gasteiger partial charge in [0.05, 0.1) is 0 Å². The zero-order valence-corrected chi connectivity index (χ0v) is 12.0. The Hall–Kier alpha value is -0.380. The van der Waals surface area contributed by atoms with Crippen LogP contribution in [0, 0.1) is 5.92 Å². The lowest BCUT2D eigenvalue weighted by atomic mass is 10.1. The van der Waals surface area contributed by atoms with E-state index in [9.17, 15) is 0 Å². The van der Waals surface area contributed by atoms with Gasteiger partial charge in [-0.2, -0.15) is 11.8 Å². The van der Waals surface area contributed by atoms with Gasteiger partial charge >= 0.3 is 0 Å². The predicted octanol–water partition coefficient (Wildman–Crippen LogP) is 2.34. The van der Waals surface area contributed by atoms with Crippen molar-refractivity contribution in [3.8, 4) is 0 Å². The molecule has 16 heavy (non-hydrogen) atoms. The maximum atomic E-state index is 4.53. The van der Waals surface area contributed by atoms with Crippen LogP contribution in [-0.4, -0.2) is 37.6 Å². The highest BCUT2D eigenvalue weighted by Gasteiger charge is 1.97. The van der Waals surface area contributed by atoms with Crippen LogP contribution < -0.4 is 10.6 Å². The Morgan fingerprint density at radius 2 is 2.06 bits per heavy atom. The van der Waals surface area contributed by atoms with Crippen molar-refractivity contribution in [1.29, 1.82) is 0 Å². The van der Waals surface area contributed by atoms with E-state index >= 15 is 0 Å². The van der Waals surface area contributed by atoms with E-state index in [2.05, 4.69) is 42.7 Å². The number of nitrogens with one attached hydrogen (secondary N) is 2. The number of nitrogens with zero attached hydrogens (tertiary/aromatic N) is 1. The standard InChI is InChI=1S/C12H27N3S/c1-5-13-12(14-8-6-10-16-4)15-9-7-11(2)3/h11H,5-10H2,1-4H3,(H2,13,14,15). The van der Waals surface area contributed by atoms with Gasteiger partial charge in [-0.1, -0.05) is 13.8 Å². The summed E-state index contributed by atoms with van der Waals surface area (Å²) in [6.45, 7) is 9.43. The molecule has 0 aliphatic rings. The minimum absolute atomic E-state index is 0.742. The number of rotatable bonds is 8. The van der Waals surface area contributed by atoms with Crippen molar-refractivity contribution in [2.24, 2.45) is 10.9 Å². The van der Waals surface area contributed by atoms with Gasteiger partial charge in [-0.05, 0) is 37.7 Å². The van der Waals surface area contributed by atoms with E-state index in [0.717, 1.165) is 37.9 Å². The van der Waals surface area contributed by atoms with Crippen molar-refractivity contribution in [3.05, 3.63) is 0 Å². The Morgan fingerprint density at radius 3 is 2.62 bits per heavy atom. The van der Waals surface area contributed by atoms with Crippen LogP contribution >= 0.6 is 11.8 Å². The maximum Gasteiger partial charge on any atom is 0.191 e. The van der Waals surface area contributed by atoms with Gasteiger partial charge in [-0.3, -0.25) is 4.99 Å². The zero-order chi connectivity index (χ0) is 12.2. The van der Waals surface area contributed by atoms with E-state index < -0.39 is 0 Å². The van der Waals surface area contributed by atoms with Gasteiger partial charge < -0.3 is 10.6 Å². The Labute approximate surface area is 105 Å². The minimum atomic E-state index is 0.742. The quantitative estimate of drug-likeness (QED) is 0.391. The topological polar surface area (TPSA) is 36.4 Å². The van der Waals surface area contributed by atoms with E-state index in [-0.39, 0.29) is 0 Å². The summed E-state index contributed by atoms with van der Waals surface area (Å²) in [7, 11) is 0. The third-order valence-electron chi connectivity index (χ3n) is 2.13. The molecular weight excluding hydrogens is 218 g/mol. The number of hydrogen-bond donors (Lipinski definition) is 2. The number of thioether (sulfide) groups is 1. The second kappa shape index (κ2) is 11.1. The first kappa shape index (κ1) is 15.6. The highest BCUT2D eigenvalue weighted by Crippen LogP contribution is 1.97. The van der Waals surface area contributed by atoms with Crippen LogP contribution in [0.1, 0.15) is 33.6 Å². The smallest absolute Gasteiger partial charge is 0.191 e. The molecule has 0 amide bonds. The van der Waals surface area contributed by atoms with Crippen LogP contribution in [0.3, 0.4) is 0 Å². The molecule has 0 fully saturated rings. The zero-order valence-electron chi connectivity index (χ0n) is 11.2. The van der Waals surface area contributed by atoms with Crippen LogP contribution in [-0.2, 0) is 0 Å². The summed E-state index contributed by atoms with van der Waals surface area (Å²) < 4.78 is 0. The normalized spacial score (nSPS) is 11.9. The predicted molar refractivity (Wildman–Crippen MR) is 76.4 cm³/mol. The molecule has 0 aromatic rings. The number of guanidine groups is 1. The first-order valence-corrected chi connectivity index (χ1v) is 7.61. The molecule has 0 heterocycles. The molecule has 0 aromatic heterocycles. The average Bonchev–Trinajstić information content (AvgIpc) is 2.23. The maximum absolute atomic E-state index is 4.53. The molecule has 0 spiro atoms. The van der Waals surface area contributed by atoms with Crippen molar-refractivity contribution in [2.75, 3.05) is 31.6 Å². The molecule has 0 saturated carbocycles. The van der Waals surface area contributed by atoms with Crippen LogP contribution in [0.4, 0.5) is 0 Å². The van der Waals surface area contributed by atoms with Gasteiger partial charge in [0.1, 0.15) is 0 Å². The van der Waals surface area contributed by atoms with Gasteiger partial charge in [0.15, 0.2) is 5.96 Å². The lowest BCUT2D eigenvalue weighted by Gasteiger charge is -2.12. The van der Waals surface area contributed by atoms with E-state index in [0.29, 0.717) is 0 Å². The van der Waals surface area contributed by atoms with E-state index in [4.69, 9.17) is 0 Å². The highest BCUT2D eigenvalue weighted by atomic mass is 32.2. The highest BCUT2D eigenvalue weighted by molar-refractivity contribution is 7.98. The van der Waals surface area contributed by atoms with Crippen LogP contribution in [0.25, 0.3) is 0 Å². The molecule has 2 N–H and O–H groups in total. The van der Waals surface area contributed by atoms with Crippen molar-refractivity contribution in [3.63, 3.8) is 0 Å². The Kier molecular flexibility index (Phi) is 10.9. The van der Waals surface area contributed by atoms with Gasteiger partial charge in [-0.25, -0.2) is 0 Å². The largest absolute Gasteiger partial charge is 0.357 e. The molecule has 4 heteroatoms. The molecule has 0 aliphatic heterocycles. The molecule has 0 atom stereocenters. The molecule has 96 valence electrons. The molecule has 0 radical (unpaired) electrons.